The molecule has 1 fully saturated rings. The monoisotopic (exact) mass is 274 g/mol. The van der Waals surface area contributed by atoms with Gasteiger partial charge in [-0.15, -0.1) is 0 Å². The Labute approximate surface area is 120 Å². The quantitative estimate of drug-likeness (QED) is 0.912. The Bertz CT molecular complexity index is 459. The van der Waals surface area contributed by atoms with Crippen molar-refractivity contribution >= 4 is 11.8 Å². The summed E-state index contributed by atoms with van der Waals surface area (Å²) in [5.41, 5.74) is 1.07. The normalized spacial score (nSPS) is 19.6. The van der Waals surface area contributed by atoms with Crippen LogP contribution in [0.1, 0.15) is 31.2 Å². The van der Waals surface area contributed by atoms with E-state index in [0.717, 1.165) is 31.4 Å². The zero-order valence-corrected chi connectivity index (χ0v) is 12.0. The van der Waals surface area contributed by atoms with Crippen molar-refractivity contribution in [3.8, 4) is 0 Å². The van der Waals surface area contributed by atoms with Crippen LogP contribution in [0.5, 0.6) is 0 Å². The molecule has 1 atom stereocenters. The molecule has 0 radical (unpaired) electrons. The smallest absolute Gasteiger partial charge is 0.225 e. The van der Waals surface area contributed by atoms with E-state index in [-0.39, 0.29) is 17.7 Å². The van der Waals surface area contributed by atoms with E-state index in [4.69, 9.17) is 0 Å². The number of nitrogens with one attached hydrogen (secondary N) is 1. The van der Waals surface area contributed by atoms with E-state index in [2.05, 4.69) is 5.32 Å². The number of benzene rings is 1. The molecule has 0 spiro atoms. The zero-order valence-electron chi connectivity index (χ0n) is 12.0. The van der Waals surface area contributed by atoms with Gasteiger partial charge in [0.2, 0.25) is 11.8 Å². The summed E-state index contributed by atoms with van der Waals surface area (Å²) in [5.74, 6) is -0.0851. The second kappa shape index (κ2) is 7.08. The van der Waals surface area contributed by atoms with E-state index >= 15 is 0 Å². The Morgan fingerprint density at radius 2 is 2.05 bits per heavy atom. The van der Waals surface area contributed by atoms with Gasteiger partial charge in [0.05, 0.1) is 0 Å². The SMILES string of the molecule is CN1CCCCC(CC(=O)NCc2ccccc2)C1=O. The van der Waals surface area contributed by atoms with E-state index in [1.807, 2.05) is 37.4 Å². The lowest BCUT2D eigenvalue weighted by Gasteiger charge is -2.19. The second-order valence-corrected chi connectivity index (χ2v) is 5.42. The van der Waals surface area contributed by atoms with Crippen molar-refractivity contribution in [2.75, 3.05) is 13.6 Å². The molecular weight excluding hydrogens is 252 g/mol. The summed E-state index contributed by atoms with van der Waals surface area (Å²) in [6, 6.07) is 9.80. The minimum Gasteiger partial charge on any atom is -0.352 e. The maximum atomic E-state index is 12.1. The molecule has 4 nitrogen and oxygen atoms in total. The molecule has 1 N–H and O–H groups in total. The molecule has 1 unspecified atom stereocenters. The topological polar surface area (TPSA) is 49.4 Å². The Balaban J connectivity index is 1.83. The number of nitrogens with zero attached hydrogens (tertiary/aromatic N) is 1. The fraction of sp³-hybridized carbons (Fsp3) is 0.500. The van der Waals surface area contributed by atoms with Crippen LogP contribution >= 0.6 is 0 Å². The maximum absolute atomic E-state index is 12.1. The Kier molecular flexibility index (Phi) is 5.16. The molecule has 108 valence electrons. The summed E-state index contributed by atoms with van der Waals surface area (Å²) in [7, 11) is 1.82. The van der Waals surface area contributed by atoms with Crippen molar-refractivity contribution in [3.63, 3.8) is 0 Å². The van der Waals surface area contributed by atoms with Crippen molar-refractivity contribution in [3.05, 3.63) is 35.9 Å². The first kappa shape index (κ1) is 14.6. The molecule has 20 heavy (non-hydrogen) atoms. The van der Waals surface area contributed by atoms with Gasteiger partial charge in [-0.1, -0.05) is 36.8 Å². The van der Waals surface area contributed by atoms with E-state index < -0.39 is 0 Å². The first-order valence-electron chi connectivity index (χ1n) is 7.22. The molecule has 0 bridgehead atoms. The van der Waals surface area contributed by atoms with Crippen LogP contribution in [0, 0.1) is 5.92 Å². The number of carbonyl (C=O) groups excluding carboxylic acids is 2. The van der Waals surface area contributed by atoms with Gasteiger partial charge in [0.1, 0.15) is 0 Å². The Hall–Kier alpha value is -1.84. The number of amides is 2. The Morgan fingerprint density at radius 3 is 2.80 bits per heavy atom. The molecule has 1 aromatic rings. The average molecular weight is 274 g/mol. The maximum Gasteiger partial charge on any atom is 0.225 e. The number of hydrogen-bond donors (Lipinski definition) is 1. The minimum absolute atomic E-state index is 0.0393. The van der Waals surface area contributed by atoms with Crippen LogP contribution in [0.3, 0.4) is 0 Å². The lowest BCUT2D eigenvalue weighted by molar-refractivity contribution is -0.136. The van der Waals surface area contributed by atoms with Crippen molar-refractivity contribution in [1.82, 2.24) is 10.2 Å². The summed E-state index contributed by atoms with van der Waals surface area (Å²) in [6.45, 7) is 1.33. The van der Waals surface area contributed by atoms with Gasteiger partial charge in [0.15, 0.2) is 0 Å². The van der Waals surface area contributed by atoms with Crippen molar-refractivity contribution in [1.29, 1.82) is 0 Å². The number of rotatable bonds is 4. The van der Waals surface area contributed by atoms with Crippen molar-refractivity contribution in [2.24, 2.45) is 5.92 Å². The molecule has 0 aromatic heterocycles. The van der Waals surface area contributed by atoms with E-state index in [0.29, 0.717) is 13.0 Å². The van der Waals surface area contributed by atoms with Gasteiger partial charge in [-0.05, 0) is 18.4 Å². The van der Waals surface area contributed by atoms with Gasteiger partial charge >= 0.3 is 0 Å². The molecule has 2 rings (SSSR count). The van der Waals surface area contributed by atoms with E-state index in [1.54, 1.807) is 4.90 Å². The van der Waals surface area contributed by atoms with Gasteiger partial charge in [-0.3, -0.25) is 9.59 Å². The molecule has 0 aliphatic carbocycles. The first-order valence-corrected chi connectivity index (χ1v) is 7.22. The lowest BCUT2D eigenvalue weighted by Crippen LogP contribution is -2.34. The number of likely N-dealkylation sites (tertiary alicyclic amines) is 1. The average Bonchev–Trinajstić information content (AvgIpc) is 2.62. The molecule has 1 aliphatic rings. The summed E-state index contributed by atoms with van der Waals surface area (Å²) in [4.78, 5) is 25.8. The van der Waals surface area contributed by atoms with E-state index in [1.165, 1.54) is 0 Å². The standard InChI is InChI=1S/C16H22N2O2/c1-18-10-6-5-9-14(16(18)20)11-15(19)17-12-13-7-3-2-4-8-13/h2-4,7-8,14H,5-6,9-12H2,1H3,(H,17,19). The third kappa shape index (κ3) is 4.08. The summed E-state index contributed by atoms with van der Waals surface area (Å²) < 4.78 is 0. The molecule has 0 saturated carbocycles. The minimum atomic E-state index is -0.154. The molecule has 1 aliphatic heterocycles. The van der Waals surface area contributed by atoms with Gasteiger partial charge in [-0.25, -0.2) is 0 Å². The highest BCUT2D eigenvalue weighted by atomic mass is 16.2. The highest BCUT2D eigenvalue weighted by molar-refractivity contribution is 5.85. The van der Waals surface area contributed by atoms with Gasteiger partial charge in [0, 0.05) is 32.5 Å². The van der Waals surface area contributed by atoms with Crippen molar-refractivity contribution in [2.45, 2.75) is 32.2 Å². The fourth-order valence-corrected chi connectivity index (χ4v) is 2.57. The molecule has 1 saturated heterocycles. The highest BCUT2D eigenvalue weighted by Crippen LogP contribution is 2.19. The predicted molar refractivity (Wildman–Crippen MR) is 77.9 cm³/mol. The molecule has 2 amide bonds. The largest absolute Gasteiger partial charge is 0.352 e. The highest BCUT2D eigenvalue weighted by Gasteiger charge is 2.26. The van der Waals surface area contributed by atoms with Crippen molar-refractivity contribution < 1.29 is 9.59 Å². The molecule has 1 aromatic carbocycles. The second-order valence-electron chi connectivity index (χ2n) is 5.42. The van der Waals surface area contributed by atoms with Crippen LogP contribution in [0.15, 0.2) is 30.3 Å². The Morgan fingerprint density at radius 1 is 1.30 bits per heavy atom. The first-order chi connectivity index (χ1) is 9.66. The third-order valence-corrected chi connectivity index (χ3v) is 3.79. The number of carbonyl (C=O) groups is 2. The van der Waals surface area contributed by atoms with Crippen LogP contribution in [-0.4, -0.2) is 30.3 Å². The van der Waals surface area contributed by atoms with Gasteiger partial charge in [-0.2, -0.15) is 0 Å². The third-order valence-electron chi connectivity index (χ3n) is 3.79. The predicted octanol–water partition coefficient (Wildman–Crippen LogP) is 1.95. The number of hydrogen-bond acceptors (Lipinski definition) is 2. The summed E-state index contributed by atoms with van der Waals surface area (Å²) in [6.07, 6.45) is 3.18. The zero-order chi connectivity index (χ0) is 14.4. The van der Waals surface area contributed by atoms with Crippen LogP contribution < -0.4 is 5.32 Å². The van der Waals surface area contributed by atoms with Crippen LogP contribution in [0.4, 0.5) is 0 Å². The van der Waals surface area contributed by atoms with Gasteiger partial charge in [0.25, 0.3) is 0 Å². The van der Waals surface area contributed by atoms with Gasteiger partial charge < -0.3 is 10.2 Å². The lowest BCUT2D eigenvalue weighted by atomic mass is 9.98. The summed E-state index contributed by atoms with van der Waals surface area (Å²) >= 11 is 0. The molecule has 1 heterocycles. The molecule has 4 heteroatoms. The van der Waals surface area contributed by atoms with Crippen LogP contribution in [0.25, 0.3) is 0 Å². The van der Waals surface area contributed by atoms with Crippen LogP contribution in [-0.2, 0) is 16.1 Å². The molecular formula is C16H22N2O2. The van der Waals surface area contributed by atoms with E-state index in [9.17, 15) is 9.59 Å². The summed E-state index contributed by atoms with van der Waals surface area (Å²) in [5, 5.41) is 2.89. The van der Waals surface area contributed by atoms with Crippen LogP contribution in [0.2, 0.25) is 0 Å². The fourth-order valence-electron chi connectivity index (χ4n) is 2.57.